The molecule has 0 amide bonds. The molecule has 0 aromatic heterocycles. The average Bonchev–Trinajstić information content (AvgIpc) is 2.13. The first-order chi connectivity index (χ1) is 7.42. The summed E-state index contributed by atoms with van der Waals surface area (Å²) >= 11 is 1.69. The normalized spacial score (nSPS) is 12.2. The first-order valence-corrected chi connectivity index (χ1v) is 8.74. The Balaban J connectivity index is 3.10. The largest absolute Gasteiger partial charge is 0.316 e. The molecule has 0 saturated carbocycles. The minimum atomic E-state index is -2.78. The van der Waals surface area contributed by atoms with Crippen LogP contribution in [-0.4, -0.2) is 70.6 Å². The highest BCUT2D eigenvalue weighted by molar-refractivity contribution is 8.00. The third kappa shape index (κ3) is 14.2. The van der Waals surface area contributed by atoms with Crippen molar-refractivity contribution in [3.8, 4) is 0 Å². The van der Waals surface area contributed by atoms with E-state index in [4.69, 9.17) is 0 Å². The van der Waals surface area contributed by atoms with Gasteiger partial charge in [0.15, 0.2) is 0 Å². The van der Waals surface area contributed by atoms with Gasteiger partial charge in [-0.3, -0.25) is 0 Å². The van der Waals surface area contributed by atoms with Gasteiger partial charge in [-0.15, -0.1) is 0 Å². The molecule has 0 saturated heterocycles. The molecule has 0 aromatic rings. The van der Waals surface area contributed by atoms with E-state index in [9.17, 15) is 8.42 Å². The number of nitrogens with one attached hydrogen (secondary N) is 1. The van der Waals surface area contributed by atoms with Crippen LogP contribution >= 0.6 is 11.8 Å². The van der Waals surface area contributed by atoms with Crippen molar-refractivity contribution in [1.29, 1.82) is 0 Å². The van der Waals surface area contributed by atoms with Gasteiger partial charge >= 0.3 is 0 Å². The Morgan fingerprint density at radius 2 is 1.88 bits per heavy atom. The summed E-state index contributed by atoms with van der Waals surface area (Å²) in [5.74, 6) is 1.98. The van der Waals surface area contributed by atoms with Crippen molar-refractivity contribution in [2.45, 2.75) is 6.42 Å². The van der Waals surface area contributed by atoms with Crippen molar-refractivity contribution in [2.75, 3.05) is 57.2 Å². The number of rotatable bonds is 10. The molecule has 0 radical (unpaired) electrons. The Morgan fingerprint density at radius 3 is 2.44 bits per heavy atom. The Bertz CT molecular complexity index is 254. The number of hydrogen-bond acceptors (Lipinski definition) is 5. The van der Waals surface area contributed by atoms with Crippen LogP contribution in [0.1, 0.15) is 6.42 Å². The zero-order valence-electron chi connectivity index (χ0n) is 10.5. The third-order valence-corrected chi connectivity index (χ3v) is 4.17. The number of nitrogens with zero attached hydrogens (tertiary/aromatic N) is 1. The molecule has 0 spiro atoms. The Labute approximate surface area is 104 Å². The van der Waals surface area contributed by atoms with Gasteiger partial charge in [0.05, 0.1) is 5.75 Å². The van der Waals surface area contributed by atoms with E-state index in [1.165, 1.54) is 6.26 Å². The van der Waals surface area contributed by atoms with Gasteiger partial charge < -0.3 is 10.2 Å². The summed E-state index contributed by atoms with van der Waals surface area (Å²) in [6.07, 6.45) is 2.44. The number of thioether (sulfide) groups is 1. The predicted octanol–water partition coefficient (Wildman–Crippen LogP) is 0.306. The molecule has 0 atom stereocenters. The lowest BCUT2D eigenvalue weighted by Gasteiger charge is -2.09. The minimum absolute atomic E-state index is 0.290. The summed E-state index contributed by atoms with van der Waals surface area (Å²) in [4.78, 5) is 2.17. The van der Waals surface area contributed by atoms with Crippen LogP contribution in [0.25, 0.3) is 0 Å². The van der Waals surface area contributed by atoms with Gasteiger partial charge in [-0.2, -0.15) is 11.8 Å². The van der Waals surface area contributed by atoms with Crippen LogP contribution < -0.4 is 5.32 Å². The fourth-order valence-electron chi connectivity index (χ4n) is 1.10. The van der Waals surface area contributed by atoms with E-state index >= 15 is 0 Å². The Morgan fingerprint density at radius 1 is 1.19 bits per heavy atom. The van der Waals surface area contributed by atoms with E-state index in [1.807, 2.05) is 0 Å². The molecule has 0 bridgehead atoms. The van der Waals surface area contributed by atoms with Gasteiger partial charge in [0.25, 0.3) is 0 Å². The lowest BCUT2D eigenvalue weighted by atomic mass is 10.4. The first kappa shape index (κ1) is 16.2. The van der Waals surface area contributed by atoms with Gasteiger partial charge in [0, 0.05) is 24.3 Å². The molecule has 0 heterocycles. The van der Waals surface area contributed by atoms with E-state index < -0.39 is 9.84 Å². The van der Waals surface area contributed by atoms with E-state index in [0.717, 1.165) is 31.8 Å². The highest BCUT2D eigenvalue weighted by Gasteiger charge is 2.00. The molecular weight excluding hydrogens is 244 g/mol. The topological polar surface area (TPSA) is 49.4 Å². The van der Waals surface area contributed by atoms with Gasteiger partial charge in [-0.25, -0.2) is 8.42 Å². The fourth-order valence-corrected chi connectivity index (χ4v) is 3.28. The highest BCUT2D eigenvalue weighted by atomic mass is 32.2. The Kier molecular flexibility index (Phi) is 9.40. The molecule has 4 nitrogen and oxygen atoms in total. The smallest absolute Gasteiger partial charge is 0.148 e. The van der Waals surface area contributed by atoms with Gasteiger partial charge in [-0.05, 0) is 33.6 Å². The van der Waals surface area contributed by atoms with E-state index in [2.05, 4.69) is 24.3 Å². The van der Waals surface area contributed by atoms with Crippen molar-refractivity contribution < 1.29 is 8.42 Å². The minimum Gasteiger partial charge on any atom is -0.316 e. The molecular formula is C10H24N2O2S2. The van der Waals surface area contributed by atoms with Gasteiger partial charge in [0.2, 0.25) is 0 Å². The lowest BCUT2D eigenvalue weighted by Crippen LogP contribution is -2.23. The monoisotopic (exact) mass is 268 g/mol. The quantitative estimate of drug-likeness (QED) is 0.578. The molecule has 6 heteroatoms. The summed E-state index contributed by atoms with van der Waals surface area (Å²) in [5, 5.41) is 3.34. The molecule has 98 valence electrons. The van der Waals surface area contributed by atoms with Crippen LogP contribution in [0.2, 0.25) is 0 Å². The van der Waals surface area contributed by atoms with Crippen molar-refractivity contribution >= 4 is 21.6 Å². The van der Waals surface area contributed by atoms with Crippen LogP contribution in [-0.2, 0) is 9.84 Å². The van der Waals surface area contributed by atoms with E-state index in [1.54, 1.807) is 11.8 Å². The molecule has 0 rings (SSSR count). The maximum Gasteiger partial charge on any atom is 0.148 e. The van der Waals surface area contributed by atoms with Crippen molar-refractivity contribution in [2.24, 2.45) is 0 Å². The van der Waals surface area contributed by atoms with Crippen LogP contribution in [0.3, 0.4) is 0 Å². The predicted molar refractivity (Wildman–Crippen MR) is 73.1 cm³/mol. The molecule has 0 aromatic carbocycles. The molecule has 0 aliphatic heterocycles. The second-order valence-electron chi connectivity index (χ2n) is 4.15. The van der Waals surface area contributed by atoms with E-state index in [-0.39, 0.29) is 5.75 Å². The zero-order valence-corrected chi connectivity index (χ0v) is 12.2. The summed E-state index contributed by atoms with van der Waals surface area (Å²) in [5.41, 5.74) is 0. The molecule has 0 aliphatic rings. The van der Waals surface area contributed by atoms with Crippen LogP contribution in [0.4, 0.5) is 0 Å². The summed E-state index contributed by atoms with van der Waals surface area (Å²) in [6.45, 7) is 3.10. The third-order valence-electron chi connectivity index (χ3n) is 1.98. The van der Waals surface area contributed by atoms with E-state index in [0.29, 0.717) is 5.75 Å². The molecule has 1 N–H and O–H groups in total. The number of hydrogen-bond donors (Lipinski definition) is 1. The summed E-state index contributed by atoms with van der Waals surface area (Å²) in [6, 6.07) is 0. The second kappa shape index (κ2) is 9.27. The SMILES string of the molecule is CN(C)CCCNCCSCCS(C)(=O)=O. The fraction of sp³-hybridized carbons (Fsp3) is 1.00. The first-order valence-electron chi connectivity index (χ1n) is 5.53. The molecule has 0 aliphatic carbocycles. The maximum atomic E-state index is 10.8. The average molecular weight is 268 g/mol. The van der Waals surface area contributed by atoms with Crippen LogP contribution in [0.5, 0.6) is 0 Å². The summed E-state index contributed by atoms with van der Waals surface area (Å²) < 4.78 is 21.7. The van der Waals surface area contributed by atoms with Crippen LogP contribution in [0, 0.1) is 0 Å². The zero-order chi connectivity index (χ0) is 12.4. The highest BCUT2D eigenvalue weighted by Crippen LogP contribution is 1.99. The van der Waals surface area contributed by atoms with Crippen LogP contribution in [0.15, 0.2) is 0 Å². The van der Waals surface area contributed by atoms with Gasteiger partial charge in [0.1, 0.15) is 9.84 Å². The van der Waals surface area contributed by atoms with Gasteiger partial charge in [-0.1, -0.05) is 0 Å². The maximum absolute atomic E-state index is 10.8. The number of sulfone groups is 1. The summed E-state index contributed by atoms with van der Waals surface area (Å²) in [7, 11) is 1.36. The van der Waals surface area contributed by atoms with Crippen molar-refractivity contribution in [1.82, 2.24) is 10.2 Å². The van der Waals surface area contributed by atoms with Crippen molar-refractivity contribution in [3.05, 3.63) is 0 Å². The molecule has 16 heavy (non-hydrogen) atoms. The Hall–Kier alpha value is 0.220. The van der Waals surface area contributed by atoms with Crippen molar-refractivity contribution in [3.63, 3.8) is 0 Å². The second-order valence-corrected chi connectivity index (χ2v) is 7.63. The standard InChI is InChI=1S/C10H24N2O2S2/c1-12(2)7-4-5-11-6-8-15-9-10-16(3,13)14/h11H,4-10H2,1-3H3. The lowest BCUT2D eigenvalue weighted by molar-refractivity contribution is 0.396. The molecule has 0 fully saturated rings. The molecule has 0 unspecified atom stereocenters.